The van der Waals surface area contributed by atoms with Gasteiger partial charge in [0.25, 0.3) is 0 Å². The van der Waals surface area contributed by atoms with Crippen LogP contribution in [0.5, 0.6) is 5.75 Å². The van der Waals surface area contributed by atoms with E-state index in [0.717, 1.165) is 24.4 Å². The molecule has 2 rings (SSSR count). The zero-order valence-corrected chi connectivity index (χ0v) is 16.7. The summed E-state index contributed by atoms with van der Waals surface area (Å²) in [6.07, 6.45) is -0.509. The van der Waals surface area contributed by atoms with Gasteiger partial charge in [-0.1, -0.05) is 24.3 Å². The molecule has 27 heavy (non-hydrogen) atoms. The topological polar surface area (TPSA) is 50.8 Å². The van der Waals surface area contributed by atoms with Crippen molar-refractivity contribution in [3.05, 3.63) is 59.7 Å². The highest BCUT2D eigenvalue weighted by Gasteiger charge is 2.14. The van der Waals surface area contributed by atoms with Crippen LogP contribution in [-0.4, -0.2) is 38.8 Å². The molecule has 1 unspecified atom stereocenters. The maximum absolute atomic E-state index is 12.3. The third-order valence-electron chi connectivity index (χ3n) is 4.43. The van der Waals surface area contributed by atoms with Crippen molar-refractivity contribution in [3.63, 3.8) is 0 Å². The molecule has 5 nitrogen and oxygen atoms in total. The first kappa shape index (κ1) is 20.8. The van der Waals surface area contributed by atoms with Crippen LogP contribution in [0.4, 0.5) is 5.69 Å². The Kier molecular flexibility index (Phi) is 8.14. The molecule has 0 aliphatic heterocycles. The minimum absolute atomic E-state index is 0.0989. The normalized spacial score (nSPS) is 11.7. The van der Waals surface area contributed by atoms with Crippen LogP contribution < -0.4 is 15.0 Å². The first-order valence-corrected chi connectivity index (χ1v) is 9.37. The number of anilines is 1. The van der Waals surface area contributed by atoms with Crippen LogP contribution in [0.25, 0.3) is 0 Å². The van der Waals surface area contributed by atoms with Gasteiger partial charge in [0.2, 0.25) is 5.91 Å². The number of aryl methyl sites for hydroxylation is 1. The van der Waals surface area contributed by atoms with Crippen molar-refractivity contribution in [2.45, 2.75) is 33.5 Å². The van der Waals surface area contributed by atoms with Crippen LogP contribution in [0.1, 0.15) is 25.0 Å². The maximum atomic E-state index is 12.3. The lowest BCUT2D eigenvalue weighted by Gasteiger charge is -2.24. The highest BCUT2D eigenvalue weighted by molar-refractivity contribution is 5.80. The van der Waals surface area contributed by atoms with E-state index in [9.17, 15) is 4.79 Å². The molecule has 1 amide bonds. The van der Waals surface area contributed by atoms with Crippen LogP contribution in [0.3, 0.4) is 0 Å². The molecule has 2 aromatic carbocycles. The number of likely N-dealkylation sites (N-methyl/N-ethyl adjacent to an activating group) is 1. The number of ether oxygens (including phenoxy) is 2. The molecular weight excluding hydrogens is 340 g/mol. The van der Waals surface area contributed by atoms with Gasteiger partial charge in [-0.3, -0.25) is 4.79 Å². The lowest BCUT2D eigenvalue weighted by Crippen LogP contribution is -2.39. The number of hydrogen-bond donors (Lipinski definition) is 1. The molecule has 0 bridgehead atoms. The zero-order valence-electron chi connectivity index (χ0n) is 16.7. The molecule has 146 valence electrons. The number of hydrogen-bond acceptors (Lipinski definition) is 4. The van der Waals surface area contributed by atoms with Crippen LogP contribution in [0, 0.1) is 6.92 Å². The Balaban J connectivity index is 1.76. The Morgan fingerprint density at radius 2 is 1.96 bits per heavy atom. The maximum Gasteiger partial charge on any atom is 0.248 e. The minimum atomic E-state index is -0.509. The highest BCUT2D eigenvalue weighted by atomic mass is 16.5. The third kappa shape index (κ3) is 6.61. The van der Waals surface area contributed by atoms with E-state index in [4.69, 9.17) is 9.47 Å². The Morgan fingerprint density at radius 3 is 2.67 bits per heavy atom. The largest absolute Gasteiger partial charge is 0.497 e. The molecule has 0 aliphatic carbocycles. The van der Waals surface area contributed by atoms with E-state index >= 15 is 0 Å². The fraction of sp³-hybridized carbons (Fsp3) is 0.409. The van der Waals surface area contributed by atoms with Crippen molar-refractivity contribution < 1.29 is 14.3 Å². The quantitative estimate of drug-likeness (QED) is 0.695. The van der Waals surface area contributed by atoms with Gasteiger partial charge in [0.05, 0.1) is 13.7 Å². The Bertz CT molecular complexity index is 733. The van der Waals surface area contributed by atoms with Crippen molar-refractivity contribution in [1.82, 2.24) is 5.32 Å². The summed E-state index contributed by atoms with van der Waals surface area (Å²) in [4.78, 5) is 14.5. The first-order valence-electron chi connectivity index (χ1n) is 9.37. The highest BCUT2D eigenvalue weighted by Crippen LogP contribution is 2.15. The van der Waals surface area contributed by atoms with Crippen molar-refractivity contribution >= 4 is 11.6 Å². The molecule has 1 atom stereocenters. The summed E-state index contributed by atoms with van der Waals surface area (Å²) in [6, 6.07) is 16.0. The second-order valence-corrected chi connectivity index (χ2v) is 6.51. The van der Waals surface area contributed by atoms with E-state index in [2.05, 4.69) is 48.3 Å². The van der Waals surface area contributed by atoms with Crippen molar-refractivity contribution in [2.75, 3.05) is 31.6 Å². The molecule has 1 N–H and O–H groups in total. The van der Waals surface area contributed by atoms with Gasteiger partial charge in [0.1, 0.15) is 11.9 Å². The van der Waals surface area contributed by atoms with E-state index in [-0.39, 0.29) is 5.91 Å². The van der Waals surface area contributed by atoms with Crippen LogP contribution in [0.2, 0.25) is 0 Å². The van der Waals surface area contributed by atoms with Gasteiger partial charge >= 0.3 is 0 Å². The standard InChI is InChI=1S/C22H30N2O3/c1-5-24(20-10-6-8-17(2)14-20)13-12-23-22(25)18(3)27-16-19-9-7-11-21(15-19)26-4/h6-11,14-15,18H,5,12-13,16H2,1-4H3,(H,23,25). The summed E-state index contributed by atoms with van der Waals surface area (Å²) in [6.45, 7) is 8.57. The lowest BCUT2D eigenvalue weighted by atomic mass is 10.2. The summed E-state index contributed by atoms with van der Waals surface area (Å²) < 4.78 is 10.9. The van der Waals surface area contributed by atoms with Crippen molar-refractivity contribution in [2.24, 2.45) is 0 Å². The minimum Gasteiger partial charge on any atom is -0.497 e. The van der Waals surface area contributed by atoms with Gasteiger partial charge in [-0.05, 0) is 56.2 Å². The molecule has 0 spiro atoms. The van der Waals surface area contributed by atoms with Gasteiger partial charge in [0.15, 0.2) is 0 Å². The van der Waals surface area contributed by atoms with Gasteiger partial charge in [-0.25, -0.2) is 0 Å². The smallest absolute Gasteiger partial charge is 0.248 e. The van der Waals surface area contributed by atoms with E-state index < -0.39 is 6.10 Å². The Labute approximate surface area is 162 Å². The second-order valence-electron chi connectivity index (χ2n) is 6.51. The predicted octanol–water partition coefficient (Wildman–Crippen LogP) is 3.55. The number of methoxy groups -OCH3 is 1. The summed E-state index contributed by atoms with van der Waals surface area (Å²) >= 11 is 0. The average molecular weight is 370 g/mol. The van der Waals surface area contributed by atoms with Crippen molar-refractivity contribution in [1.29, 1.82) is 0 Å². The number of carbonyl (C=O) groups is 1. The van der Waals surface area contributed by atoms with E-state index in [1.54, 1.807) is 14.0 Å². The van der Waals surface area contributed by atoms with Crippen LogP contribution in [0.15, 0.2) is 48.5 Å². The van der Waals surface area contributed by atoms with Crippen LogP contribution >= 0.6 is 0 Å². The Hall–Kier alpha value is -2.53. The summed E-state index contributed by atoms with van der Waals surface area (Å²) in [7, 11) is 1.63. The molecule has 0 radical (unpaired) electrons. The number of carbonyl (C=O) groups excluding carboxylic acids is 1. The lowest BCUT2D eigenvalue weighted by molar-refractivity contribution is -0.132. The first-order chi connectivity index (χ1) is 13.0. The molecule has 5 heteroatoms. The second kappa shape index (κ2) is 10.6. The number of benzene rings is 2. The van der Waals surface area contributed by atoms with E-state index in [1.165, 1.54) is 11.3 Å². The molecular formula is C22H30N2O3. The summed E-state index contributed by atoms with van der Waals surface area (Å²) in [5.41, 5.74) is 3.38. The predicted molar refractivity (Wildman–Crippen MR) is 109 cm³/mol. The summed E-state index contributed by atoms with van der Waals surface area (Å²) in [5.74, 6) is 0.683. The van der Waals surface area contributed by atoms with E-state index in [0.29, 0.717) is 13.2 Å². The third-order valence-corrected chi connectivity index (χ3v) is 4.43. The monoisotopic (exact) mass is 370 g/mol. The van der Waals surface area contributed by atoms with Crippen molar-refractivity contribution in [3.8, 4) is 5.75 Å². The Morgan fingerprint density at radius 1 is 1.19 bits per heavy atom. The van der Waals surface area contributed by atoms with Gasteiger partial charge in [-0.15, -0.1) is 0 Å². The number of nitrogens with zero attached hydrogens (tertiary/aromatic N) is 1. The average Bonchev–Trinajstić information content (AvgIpc) is 2.69. The molecule has 0 fully saturated rings. The molecule has 0 heterocycles. The van der Waals surface area contributed by atoms with Gasteiger partial charge in [0, 0.05) is 25.3 Å². The number of nitrogens with one attached hydrogen (secondary N) is 1. The van der Waals surface area contributed by atoms with Gasteiger partial charge < -0.3 is 19.7 Å². The van der Waals surface area contributed by atoms with E-state index in [1.807, 2.05) is 24.3 Å². The van der Waals surface area contributed by atoms with Crippen LogP contribution in [-0.2, 0) is 16.1 Å². The fourth-order valence-electron chi connectivity index (χ4n) is 2.81. The SMILES string of the molecule is CCN(CCNC(=O)C(C)OCc1cccc(OC)c1)c1cccc(C)c1. The molecule has 2 aromatic rings. The molecule has 0 saturated carbocycles. The number of rotatable bonds is 10. The fourth-order valence-corrected chi connectivity index (χ4v) is 2.81. The molecule has 0 aromatic heterocycles. The van der Waals surface area contributed by atoms with Gasteiger partial charge in [-0.2, -0.15) is 0 Å². The number of amides is 1. The zero-order chi connectivity index (χ0) is 19.6. The summed E-state index contributed by atoms with van der Waals surface area (Å²) in [5, 5.41) is 2.96. The molecule has 0 saturated heterocycles. The molecule has 0 aliphatic rings.